The molecule has 0 radical (unpaired) electrons. The number of benzene rings is 2. The Morgan fingerprint density at radius 1 is 1.22 bits per heavy atom. The molecule has 0 unspecified atom stereocenters. The van der Waals surface area contributed by atoms with Gasteiger partial charge in [-0.1, -0.05) is 41.4 Å². The first-order valence-corrected chi connectivity index (χ1v) is 8.73. The van der Waals surface area contributed by atoms with Crippen LogP contribution in [0.2, 0.25) is 10.0 Å². The van der Waals surface area contributed by atoms with E-state index >= 15 is 0 Å². The summed E-state index contributed by atoms with van der Waals surface area (Å²) in [7, 11) is 3.54. The van der Waals surface area contributed by atoms with E-state index in [0.717, 1.165) is 11.1 Å². The number of nitrogens with zero attached hydrogens (tertiary/aromatic N) is 2. The molecule has 6 nitrogen and oxygen atoms in total. The molecule has 1 aromatic heterocycles. The molecule has 0 saturated heterocycles. The lowest BCUT2D eigenvalue weighted by Gasteiger charge is -2.20. The summed E-state index contributed by atoms with van der Waals surface area (Å²) < 4.78 is 6.30. The normalized spacial score (nSPS) is 10.8. The Morgan fingerprint density at radius 3 is 2.63 bits per heavy atom. The quantitative estimate of drug-likeness (QED) is 0.658. The smallest absolute Gasteiger partial charge is 0.449 e. The van der Waals surface area contributed by atoms with Crippen LogP contribution in [0.4, 0.5) is 4.79 Å². The minimum Gasteiger partial charge on any atom is -0.449 e. The highest BCUT2D eigenvalue weighted by atomic mass is 35.5. The fourth-order valence-electron chi connectivity index (χ4n) is 2.85. The second-order valence-corrected chi connectivity index (χ2v) is 6.91. The summed E-state index contributed by atoms with van der Waals surface area (Å²) in [4.78, 5) is 23.6. The van der Waals surface area contributed by atoms with E-state index in [1.165, 1.54) is 6.20 Å². The molecule has 3 rings (SSSR count). The van der Waals surface area contributed by atoms with E-state index in [4.69, 9.17) is 28.3 Å². The van der Waals surface area contributed by atoms with Crippen molar-refractivity contribution < 1.29 is 14.6 Å². The number of hydrogen-bond donors (Lipinski definition) is 1. The van der Waals surface area contributed by atoms with Gasteiger partial charge in [0.05, 0.1) is 27.1 Å². The highest BCUT2D eigenvalue weighted by Gasteiger charge is 2.15. The molecule has 2 aromatic carbocycles. The van der Waals surface area contributed by atoms with Crippen LogP contribution in [-0.4, -0.2) is 30.0 Å². The molecule has 0 aliphatic heterocycles. The topological polar surface area (TPSA) is 71.8 Å². The summed E-state index contributed by atoms with van der Waals surface area (Å²) in [6, 6.07) is 10.8. The Bertz CT molecular complexity index is 1090. The summed E-state index contributed by atoms with van der Waals surface area (Å²) in [5.41, 5.74) is 1.80. The van der Waals surface area contributed by atoms with Crippen LogP contribution < -0.4 is 15.2 Å². The fraction of sp³-hybridized carbons (Fsp3) is 0.158. The molecular formula is C19H16Cl2N2O4. The van der Waals surface area contributed by atoms with Gasteiger partial charge in [0.2, 0.25) is 11.2 Å². The van der Waals surface area contributed by atoms with Crippen molar-refractivity contribution in [1.82, 2.24) is 4.68 Å². The summed E-state index contributed by atoms with van der Waals surface area (Å²) >= 11 is 12.3. The molecule has 0 aliphatic carbocycles. The third-order valence-electron chi connectivity index (χ3n) is 4.07. The fourth-order valence-corrected chi connectivity index (χ4v) is 3.24. The van der Waals surface area contributed by atoms with Gasteiger partial charge in [-0.05, 0) is 35.7 Å². The molecule has 0 saturated carbocycles. The molecule has 0 amide bonds. The average molecular weight is 407 g/mol. The Hall–Kier alpha value is -2.70. The number of ether oxygens (including phenoxy) is 1. The van der Waals surface area contributed by atoms with E-state index in [0.29, 0.717) is 27.4 Å². The van der Waals surface area contributed by atoms with Crippen molar-refractivity contribution in [3.63, 3.8) is 0 Å². The van der Waals surface area contributed by atoms with Crippen LogP contribution in [0, 0.1) is 0 Å². The molecule has 8 heteroatoms. The molecule has 27 heavy (non-hydrogen) atoms. The first-order valence-electron chi connectivity index (χ1n) is 7.97. The van der Waals surface area contributed by atoms with E-state index in [2.05, 4.69) is 4.74 Å². The molecular weight excluding hydrogens is 391 g/mol. The van der Waals surface area contributed by atoms with Gasteiger partial charge in [0, 0.05) is 14.1 Å². The first-order chi connectivity index (χ1) is 12.8. The van der Waals surface area contributed by atoms with Gasteiger partial charge in [-0.2, -0.15) is 0 Å². The van der Waals surface area contributed by atoms with Crippen molar-refractivity contribution in [2.75, 3.05) is 19.1 Å². The van der Waals surface area contributed by atoms with E-state index in [-0.39, 0.29) is 5.75 Å². The van der Waals surface area contributed by atoms with Gasteiger partial charge in [-0.25, -0.2) is 4.79 Å². The molecule has 140 valence electrons. The zero-order chi connectivity index (χ0) is 19.7. The van der Waals surface area contributed by atoms with Gasteiger partial charge >= 0.3 is 6.16 Å². The van der Waals surface area contributed by atoms with E-state index in [1.54, 1.807) is 42.0 Å². The summed E-state index contributed by atoms with van der Waals surface area (Å²) in [5.74, 6) is -0.262. The van der Waals surface area contributed by atoms with Gasteiger partial charge in [-0.15, -0.1) is 0 Å². The van der Waals surface area contributed by atoms with Crippen LogP contribution in [0.5, 0.6) is 5.75 Å². The predicted molar refractivity (Wildman–Crippen MR) is 106 cm³/mol. The number of aromatic nitrogens is 1. The van der Waals surface area contributed by atoms with Crippen LogP contribution in [0.15, 0.2) is 47.4 Å². The number of pyridine rings is 1. The third kappa shape index (κ3) is 3.86. The second-order valence-electron chi connectivity index (χ2n) is 6.12. The molecule has 0 spiro atoms. The Balaban J connectivity index is 2.15. The molecule has 0 bridgehead atoms. The van der Waals surface area contributed by atoms with Gasteiger partial charge in [-0.3, -0.25) is 9.47 Å². The minimum absolute atomic E-state index is 0.262. The van der Waals surface area contributed by atoms with E-state index < -0.39 is 11.6 Å². The second kappa shape index (κ2) is 7.50. The Kier molecular flexibility index (Phi) is 5.30. The maximum absolute atomic E-state index is 12.7. The van der Waals surface area contributed by atoms with Gasteiger partial charge in [0.15, 0.2) is 0 Å². The van der Waals surface area contributed by atoms with Crippen LogP contribution in [-0.2, 0) is 6.42 Å². The van der Waals surface area contributed by atoms with Gasteiger partial charge in [0.25, 0.3) is 0 Å². The number of halogens is 2. The minimum atomic E-state index is -1.54. The molecule has 0 aliphatic rings. The number of carboxylic acid groups (broad SMARTS) is 1. The summed E-state index contributed by atoms with van der Waals surface area (Å²) in [6.07, 6.45) is 0.283. The summed E-state index contributed by atoms with van der Waals surface area (Å²) in [6.45, 7) is 0. The van der Waals surface area contributed by atoms with Crippen molar-refractivity contribution in [2.45, 2.75) is 6.42 Å². The average Bonchev–Trinajstić information content (AvgIpc) is 2.61. The Morgan fingerprint density at radius 2 is 1.96 bits per heavy atom. The van der Waals surface area contributed by atoms with Crippen molar-refractivity contribution >= 4 is 40.3 Å². The largest absolute Gasteiger partial charge is 0.511 e. The molecule has 0 fully saturated rings. The zero-order valence-corrected chi connectivity index (χ0v) is 16.1. The highest BCUT2D eigenvalue weighted by molar-refractivity contribution is 6.42. The standard InChI is InChI=1S/C19H16Cl2N2O4/c1-22(2)23-10-16(27-19(25)26)18(24)13-9-11(6-7-15(13)23)8-12-4-3-5-14(20)17(12)21/h3-7,9-10H,8H2,1-2H3,(H,25,26). The van der Waals surface area contributed by atoms with Crippen molar-refractivity contribution in [3.8, 4) is 5.75 Å². The lowest BCUT2D eigenvalue weighted by atomic mass is 10.0. The zero-order valence-electron chi connectivity index (χ0n) is 14.6. The maximum atomic E-state index is 12.7. The van der Waals surface area contributed by atoms with Gasteiger partial charge in [0.1, 0.15) is 0 Å². The first kappa shape index (κ1) is 19.1. The van der Waals surface area contributed by atoms with Crippen LogP contribution >= 0.6 is 23.2 Å². The number of hydrogen-bond acceptors (Lipinski definition) is 4. The van der Waals surface area contributed by atoms with Crippen molar-refractivity contribution in [2.24, 2.45) is 0 Å². The molecule has 1 N–H and O–H groups in total. The number of rotatable bonds is 4. The molecule has 1 heterocycles. The third-order valence-corrected chi connectivity index (χ3v) is 4.93. The van der Waals surface area contributed by atoms with Crippen LogP contribution in [0.25, 0.3) is 10.9 Å². The predicted octanol–water partition coefficient (Wildman–Crippen LogP) is 4.15. The summed E-state index contributed by atoms with van der Waals surface area (Å²) in [5, 5.41) is 11.9. The van der Waals surface area contributed by atoms with Crippen LogP contribution in [0.3, 0.4) is 0 Å². The van der Waals surface area contributed by atoms with Gasteiger partial charge < -0.3 is 14.9 Å². The molecule has 3 aromatic rings. The SMILES string of the molecule is CN(C)n1cc(OC(=O)O)c(=O)c2cc(Cc3cccc(Cl)c3Cl)ccc21. The van der Waals surface area contributed by atoms with Crippen LogP contribution in [0.1, 0.15) is 11.1 Å². The monoisotopic (exact) mass is 406 g/mol. The molecule has 0 atom stereocenters. The van der Waals surface area contributed by atoms with E-state index in [9.17, 15) is 9.59 Å². The number of fused-ring (bicyclic) bond motifs is 1. The lowest BCUT2D eigenvalue weighted by Crippen LogP contribution is -2.28. The van der Waals surface area contributed by atoms with Crippen molar-refractivity contribution in [3.05, 3.63) is 74.0 Å². The Labute approximate surface area is 165 Å². The lowest BCUT2D eigenvalue weighted by molar-refractivity contribution is 0.144. The maximum Gasteiger partial charge on any atom is 0.511 e. The number of carbonyl (C=O) groups is 1. The van der Waals surface area contributed by atoms with E-state index in [1.807, 2.05) is 18.2 Å². The van der Waals surface area contributed by atoms with Crippen molar-refractivity contribution in [1.29, 1.82) is 0 Å². The highest BCUT2D eigenvalue weighted by Crippen LogP contribution is 2.28.